The van der Waals surface area contributed by atoms with E-state index in [-0.39, 0.29) is 23.8 Å². The van der Waals surface area contributed by atoms with Crippen molar-refractivity contribution < 1.29 is 13.2 Å². The lowest BCUT2D eigenvalue weighted by Crippen LogP contribution is -2.38. The smallest absolute Gasteiger partial charge is 0.240 e. The molecule has 6 heteroatoms. The summed E-state index contributed by atoms with van der Waals surface area (Å²) in [5, 5.41) is 0. The minimum absolute atomic E-state index is 0.0264. The van der Waals surface area contributed by atoms with Crippen LogP contribution in [0.3, 0.4) is 0 Å². The highest BCUT2D eigenvalue weighted by molar-refractivity contribution is 7.89. The number of aryl methyl sites for hydroxylation is 1. The molecule has 1 amide bonds. The Balaban J connectivity index is 1.55. The van der Waals surface area contributed by atoms with Gasteiger partial charge in [-0.3, -0.25) is 4.79 Å². The fourth-order valence-electron chi connectivity index (χ4n) is 3.02. The lowest BCUT2D eigenvalue weighted by atomic mass is 10.00. The third-order valence-electron chi connectivity index (χ3n) is 4.41. The summed E-state index contributed by atoms with van der Waals surface area (Å²) in [4.78, 5) is 14.4. The summed E-state index contributed by atoms with van der Waals surface area (Å²) in [5.41, 5.74) is 3.33. The molecule has 132 valence electrons. The molecule has 2 aromatic carbocycles. The van der Waals surface area contributed by atoms with E-state index in [0.717, 1.165) is 12.0 Å². The third kappa shape index (κ3) is 4.27. The van der Waals surface area contributed by atoms with Gasteiger partial charge in [0.05, 0.1) is 4.90 Å². The van der Waals surface area contributed by atoms with Gasteiger partial charge in [0.2, 0.25) is 15.9 Å². The van der Waals surface area contributed by atoms with Crippen LogP contribution in [0.2, 0.25) is 0 Å². The molecule has 0 aliphatic carbocycles. The Hall–Kier alpha value is -2.18. The molecule has 3 rings (SSSR count). The molecule has 0 atom stereocenters. The number of benzene rings is 2. The average Bonchev–Trinajstić information content (AvgIpc) is 2.61. The van der Waals surface area contributed by atoms with E-state index in [4.69, 9.17) is 0 Å². The molecule has 1 aliphatic heterocycles. The van der Waals surface area contributed by atoms with Crippen LogP contribution in [0, 0.1) is 6.92 Å². The van der Waals surface area contributed by atoms with Crippen molar-refractivity contribution in [2.45, 2.75) is 31.2 Å². The monoisotopic (exact) mass is 358 g/mol. The van der Waals surface area contributed by atoms with Crippen LogP contribution in [0.15, 0.2) is 53.4 Å². The third-order valence-corrected chi connectivity index (χ3v) is 5.87. The number of fused-ring (bicyclic) bond motifs is 1. The molecule has 0 saturated carbocycles. The van der Waals surface area contributed by atoms with Crippen molar-refractivity contribution in [3.8, 4) is 0 Å². The van der Waals surface area contributed by atoms with Gasteiger partial charge in [-0.25, -0.2) is 13.1 Å². The van der Waals surface area contributed by atoms with E-state index in [0.29, 0.717) is 13.1 Å². The maximum Gasteiger partial charge on any atom is 0.240 e. The first-order chi connectivity index (χ1) is 12.0. The number of sulfonamides is 1. The highest BCUT2D eigenvalue weighted by Gasteiger charge is 2.21. The normalized spacial score (nSPS) is 14.2. The minimum Gasteiger partial charge on any atom is -0.338 e. The fourth-order valence-corrected chi connectivity index (χ4v) is 4.16. The van der Waals surface area contributed by atoms with Crippen molar-refractivity contribution in [2.24, 2.45) is 0 Å². The number of rotatable bonds is 5. The first-order valence-electron chi connectivity index (χ1n) is 8.36. The maximum absolute atomic E-state index is 12.4. The van der Waals surface area contributed by atoms with Crippen LogP contribution in [0.25, 0.3) is 0 Å². The van der Waals surface area contributed by atoms with E-state index in [1.807, 2.05) is 31.2 Å². The van der Waals surface area contributed by atoms with Crippen LogP contribution in [-0.4, -0.2) is 32.3 Å². The molecule has 0 saturated heterocycles. The summed E-state index contributed by atoms with van der Waals surface area (Å²) in [6.45, 7) is 3.23. The number of hydrogen-bond acceptors (Lipinski definition) is 3. The van der Waals surface area contributed by atoms with E-state index in [9.17, 15) is 13.2 Å². The molecule has 0 bridgehead atoms. The molecule has 0 unspecified atom stereocenters. The number of nitrogens with one attached hydrogen (secondary N) is 1. The Morgan fingerprint density at radius 3 is 2.64 bits per heavy atom. The molecule has 0 fully saturated rings. The second-order valence-electron chi connectivity index (χ2n) is 6.30. The van der Waals surface area contributed by atoms with Crippen molar-refractivity contribution in [1.29, 1.82) is 0 Å². The molecule has 5 nitrogen and oxygen atoms in total. The Kier molecular flexibility index (Phi) is 5.20. The second-order valence-corrected chi connectivity index (χ2v) is 8.07. The van der Waals surface area contributed by atoms with Crippen LogP contribution in [0.1, 0.15) is 23.1 Å². The number of amides is 1. The van der Waals surface area contributed by atoms with Gasteiger partial charge < -0.3 is 4.90 Å². The SMILES string of the molecule is Cc1cccc(S(=O)(=O)NCCC(=O)N2CCc3ccccc3C2)c1. The molecule has 1 aliphatic rings. The Morgan fingerprint density at radius 1 is 1.12 bits per heavy atom. The lowest BCUT2D eigenvalue weighted by Gasteiger charge is -2.29. The standard InChI is InChI=1S/C19H22N2O3S/c1-15-5-4-8-18(13-15)25(23,24)20-11-9-19(22)21-12-10-16-6-2-3-7-17(16)14-21/h2-8,13,20H,9-12,14H2,1H3. The maximum atomic E-state index is 12.4. The van der Waals surface area contributed by atoms with E-state index >= 15 is 0 Å². The van der Waals surface area contributed by atoms with Gasteiger partial charge in [0, 0.05) is 26.1 Å². The van der Waals surface area contributed by atoms with E-state index < -0.39 is 10.0 Å². The van der Waals surface area contributed by atoms with E-state index in [1.54, 1.807) is 23.1 Å². The van der Waals surface area contributed by atoms with Gasteiger partial charge in [-0.15, -0.1) is 0 Å². The molecule has 1 heterocycles. The lowest BCUT2D eigenvalue weighted by molar-refractivity contribution is -0.131. The van der Waals surface area contributed by atoms with Crippen LogP contribution >= 0.6 is 0 Å². The van der Waals surface area contributed by atoms with Crippen LogP contribution in [-0.2, 0) is 27.8 Å². The van der Waals surface area contributed by atoms with Gasteiger partial charge >= 0.3 is 0 Å². The molecule has 0 radical (unpaired) electrons. The topological polar surface area (TPSA) is 66.5 Å². The molecular formula is C19H22N2O3S. The zero-order chi connectivity index (χ0) is 17.9. The molecule has 0 aromatic heterocycles. The van der Waals surface area contributed by atoms with Crippen molar-refractivity contribution in [3.63, 3.8) is 0 Å². The fraction of sp³-hybridized carbons (Fsp3) is 0.316. The summed E-state index contributed by atoms with van der Waals surface area (Å²) in [6.07, 6.45) is 1.00. The predicted molar refractivity (Wildman–Crippen MR) is 96.5 cm³/mol. The summed E-state index contributed by atoms with van der Waals surface area (Å²) in [7, 11) is -3.58. The molecule has 1 N–H and O–H groups in total. The predicted octanol–water partition coefficient (Wildman–Crippen LogP) is 2.25. The molecule has 25 heavy (non-hydrogen) atoms. The number of carbonyl (C=O) groups excluding carboxylic acids is 1. The van der Waals surface area contributed by atoms with Crippen LogP contribution in [0.4, 0.5) is 0 Å². The largest absolute Gasteiger partial charge is 0.338 e. The van der Waals surface area contributed by atoms with E-state index in [1.165, 1.54) is 11.1 Å². The van der Waals surface area contributed by atoms with Gasteiger partial charge in [-0.1, -0.05) is 36.4 Å². The Labute approximate surface area is 148 Å². The van der Waals surface area contributed by atoms with Crippen LogP contribution < -0.4 is 4.72 Å². The molecule has 2 aromatic rings. The van der Waals surface area contributed by atoms with Gasteiger partial charge in [0.25, 0.3) is 0 Å². The highest BCUT2D eigenvalue weighted by atomic mass is 32.2. The molecular weight excluding hydrogens is 336 g/mol. The molecule has 0 spiro atoms. The van der Waals surface area contributed by atoms with Crippen molar-refractivity contribution in [3.05, 3.63) is 65.2 Å². The van der Waals surface area contributed by atoms with Gasteiger partial charge in [0.1, 0.15) is 0 Å². The Morgan fingerprint density at radius 2 is 1.88 bits per heavy atom. The minimum atomic E-state index is -3.58. The highest BCUT2D eigenvalue weighted by Crippen LogP contribution is 2.19. The van der Waals surface area contributed by atoms with Gasteiger partial charge in [-0.05, 0) is 42.2 Å². The van der Waals surface area contributed by atoms with Crippen LogP contribution in [0.5, 0.6) is 0 Å². The zero-order valence-electron chi connectivity index (χ0n) is 14.2. The first-order valence-corrected chi connectivity index (χ1v) is 9.85. The summed E-state index contributed by atoms with van der Waals surface area (Å²) in [5.74, 6) is -0.0264. The zero-order valence-corrected chi connectivity index (χ0v) is 15.1. The van der Waals surface area contributed by atoms with E-state index in [2.05, 4.69) is 10.8 Å². The second kappa shape index (κ2) is 7.37. The number of nitrogens with zero attached hydrogens (tertiary/aromatic N) is 1. The number of carbonyl (C=O) groups is 1. The van der Waals surface area contributed by atoms with Gasteiger partial charge in [0.15, 0.2) is 0 Å². The summed E-state index contributed by atoms with van der Waals surface area (Å²) in [6, 6.07) is 14.8. The average molecular weight is 358 g/mol. The Bertz CT molecular complexity index is 878. The van der Waals surface area contributed by atoms with Crippen molar-refractivity contribution in [1.82, 2.24) is 9.62 Å². The first kappa shape index (κ1) is 17.6. The number of hydrogen-bond donors (Lipinski definition) is 1. The van der Waals surface area contributed by atoms with Crippen molar-refractivity contribution >= 4 is 15.9 Å². The summed E-state index contributed by atoms with van der Waals surface area (Å²) >= 11 is 0. The van der Waals surface area contributed by atoms with Gasteiger partial charge in [-0.2, -0.15) is 0 Å². The quantitative estimate of drug-likeness (QED) is 0.891. The summed E-state index contributed by atoms with van der Waals surface area (Å²) < 4.78 is 27.1. The van der Waals surface area contributed by atoms with Crippen molar-refractivity contribution in [2.75, 3.05) is 13.1 Å².